The molecule has 0 aliphatic heterocycles. The molecule has 0 bridgehead atoms. The number of halogens is 3. The zero-order valence-electron chi connectivity index (χ0n) is 8.96. The standard InChI is InChI=1S/C10H9F3O4/c1-5-7(17-10(11,12)13)4-3-6(9(14)15)8(5)16-2/h3-4H,1-2H3,(H,14,15). The van der Waals surface area contributed by atoms with Gasteiger partial charge in [-0.3, -0.25) is 0 Å². The summed E-state index contributed by atoms with van der Waals surface area (Å²) in [5.74, 6) is -1.93. The molecule has 1 N–H and O–H groups in total. The lowest BCUT2D eigenvalue weighted by Crippen LogP contribution is -2.18. The molecule has 1 aromatic rings. The van der Waals surface area contributed by atoms with Gasteiger partial charge in [0.1, 0.15) is 17.1 Å². The third kappa shape index (κ3) is 3.02. The lowest BCUT2D eigenvalue weighted by atomic mass is 10.1. The first kappa shape index (κ1) is 13.1. The number of ether oxygens (including phenoxy) is 2. The highest BCUT2D eigenvalue weighted by atomic mass is 19.4. The molecule has 1 rings (SSSR count). The van der Waals surface area contributed by atoms with E-state index in [-0.39, 0.29) is 16.9 Å². The first-order valence-corrected chi connectivity index (χ1v) is 4.43. The summed E-state index contributed by atoms with van der Waals surface area (Å²) < 4.78 is 44.6. The van der Waals surface area contributed by atoms with E-state index >= 15 is 0 Å². The molecular weight excluding hydrogens is 241 g/mol. The van der Waals surface area contributed by atoms with Crippen molar-refractivity contribution in [1.29, 1.82) is 0 Å². The molecule has 4 nitrogen and oxygen atoms in total. The fraction of sp³-hybridized carbons (Fsp3) is 0.300. The van der Waals surface area contributed by atoms with E-state index in [1.807, 2.05) is 0 Å². The van der Waals surface area contributed by atoms with Crippen LogP contribution in [0, 0.1) is 6.92 Å². The summed E-state index contributed by atoms with van der Waals surface area (Å²) in [6, 6.07) is 1.93. The summed E-state index contributed by atoms with van der Waals surface area (Å²) in [6.07, 6.45) is -4.83. The van der Waals surface area contributed by atoms with Gasteiger partial charge in [-0.25, -0.2) is 4.79 Å². The second-order valence-electron chi connectivity index (χ2n) is 3.12. The quantitative estimate of drug-likeness (QED) is 0.895. The SMILES string of the molecule is COc1c(C(=O)O)ccc(OC(F)(F)F)c1C. The zero-order valence-corrected chi connectivity index (χ0v) is 8.96. The molecule has 0 aliphatic carbocycles. The molecule has 0 aliphatic rings. The van der Waals surface area contributed by atoms with E-state index in [1.165, 1.54) is 14.0 Å². The predicted molar refractivity (Wildman–Crippen MR) is 51.4 cm³/mol. The van der Waals surface area contributed by atoms with E-state index in [1.54, 1.807) is 0 Å². The number of carboxylic acids is 1. The summed E-state index contributed by atoms with van der Waals surface area (Å²) >= 11 is 0. The van der Waals surface area contributed by atoms with Gasteiger partial charge in [-0.2, -0.15) is 0 Å². The normalized spacial score (nSPS) is 11.1. The highest BCUT2D eigenvalue weighted by molar-refractivity contribution is 5.91. The minimum absolute atomic E-state index is 0.0234. The monoisotopic (exact) mass is 250 g/mol. The first-order valence-electron chi connectivity index (χ1n) is 4.43. The zero-order chi connectivity index (χ0) is 13.2. The second-order valence-corrected chi connectivity index (χ2v) is 3.12. The topological polar surface area (TPSA) is 55.8 Å². The van der Waals surface area contributed by atoms with Crippen molar-refractivity contribution in [2.24, 2.45) is 0 Å². The molecule has 0 saturated carbocycles. The average molecular weight is 250 g/mol. The van der Waals surface area contributed by atoms with Gasteiger partial charge in [-0.1, -0.05) is 0 Å². The van der Waals surface area contributed by atoms with E-state index in [2.05, 4.69) is 4.74 Å². The molecule has 0 atom stereocenters. The smallest absolute Gasteiger partial charge is 0.495 e. The molecule has 0 radical (unpaired) electrons. The van der Waals surface area contributed by atoms with E-state index in [9.17, 15) is 18.0 Å². The Morgan fingerprint density at radius 3 is 2.35 bits per heavy atom. The van der Waals surface area contributed by atoms with Crippen molar-refractivity contribution in [2.45, 2.75) is 13.3 Å². The van der Waals surface area contributed by atoms with Crippen molar-refractivity contribution < 1.29 is 32.5 Å². The molecule has 0 fully saturated rings. The van der Waals surface area contributed by atoms with Crippen molar-refractivity contribution in [2.75, 3.05) is 7.11 Å². The Kier molecular flexibility index (Phi) is 3.50. The Morgan fingerprint density at radius 2 is 1.94 bits per heavy atom. The number of alkyl halides is 3. The van der Waals surface area contributed by atoms with Crippen LogP contribution in [0.3, 0.4) is 0 Å². The van der Waals surface area contributed by atoms with E-state index in [4.69, 9.17) is 9.84 Å². The van der Waals surface area contributed by atoms with Crippen LogP contribution in [-0.2, 0) is 0 Å². The van der Waals surface area contributed by atoms with Gasteiger partial charge in [0.15, 0.2) is 0 Å². The average Bonchev–Trinajstić information content (AvgIpc) is 2.18. The number of hydrogen-bond acceptors (Lipinski definition) is 3. The molecule has 0 unspecified atom stereocenters. The van der Waals surface area contributed by atoms with Crippen molar-refractivity contribution in [1.82, 2.24) is 0 Å². The van der Waals surface area contributed by atoms with Crippen LogP contribution >= 0.6 is 0 Å². The van der Waals surface area contributed by atoms with Gasteiger partial charge in [0.05, 0.1) is 7.11 Å². The molecular formula is C10H9F3O4. The van der Waals surface area contributed by atoms with Crippen LogP contribution in [0.2, 0.25) is 0 Å². The molecule has 94 valence electrons. The van der Waals surface area contributed by atoms with Crippen LogP contribution in [-0.4, -0.2) is 24.5 Å². The van der Waals surface area contributed by atoms with Gasteiger partial charge >= 0.3 is 12.3 Å². The van der Waals surface area contributed by atoms with E-state index in [0.29, 0.717) is 0 Å². The molecule has 0 spiro atoms. The van der Waals surface area contributed by atoms with Crippen molar-refractivity contribution in [3.63, 3.8) is 0 Å². The van der Waals surface area contributed by atoms with Crippen LogP contribution in [0.25, 0.3) is 0 Å². The van der Waals surface area contributed by atoms with Gasteiger partial charge in [0, 0.05) is 5.56 Å². The van der Waals surface area contributed by atoms with Crippen molar-refractivity contribution >= 4 is 5.97 Å². The minimum Gasteiger partial charge on any atom is -0.495 e. The van der Waals surface area contributed by atoms with E-state index < -0.39 is 18.1 Å². The summed E-state index contributed by atoms with van der Waals surface area (Å²) in [4.78, 5) is 10.8. The fourth-order valence-corrected chi connectivity index (χ4v) is 1.34. The largest absolute Gasteiger partial charge is 0.573 e. The van der Waals surface area contributed by atoms with Gasteiger partial charge in [-0.05, 0) is 19.1 Å². The molecule has 17 heavy (non-hydrogen) atoms. The Hall–Kier alpha value is -1.92. The fourth-order valence-electron chi connectivity index (χ4n) is 1.34. The van der Waals surface area contributed by atoms with Gasteiger partial charge in [0.25, 0.3) is 0 Å². The minimum atomic E-state index is -4.83. The second kappa shape index (κ2) is 4.52. The summed E-state index contributed by atoms with van der Waals surface area (Å²) in [7, 11) is 1.17. The molecule has 0 aromatic heterocycles. The Balaban J connectivity index is 3.25. The van der Waals surface area contributed by atoms with Crippen LogP contribution in [0.5, 0.6) is 11.5 Å². The lowest BCUT2D eigenvalue weighted by molar-refractivity contribution is -0.274. The number of methoxy groups -OCH3 is 1. The predicted octanol–water partition coefficient (Wildman–Crippen LogP) is 2.60. The van der Waals surface area contributed by atoms with Crippen LogP contribution < -0.4 is 9.47 Å². The number of benzene rings is 1. The molecule has 0 heterocycles. The molecule has 0 amide bonds. The third-order valence-corrected chi connectivity index (χ3v) is 2.02. The maximum atomic E-state index is 12.0. The van der Waals surface area contributed by atoms with Gasteiger partial charge in [-0.15, -0.1) is 13.2 Å². The maximum Gasteiger partial charge on any atom is 0.573 e. The van der Waals surface area contributed by atoms with Crippen molar-refractivity contribution in [3.8, 4) is 11.5 Å². The number of rotatable bonds is 3. The Bertz CT molecular complexity index is 440. The summed E-state index contributed by atoms with van der Waals surface area (Å²) in [5.41, 5.74) is -0.246. The highest BCUT2D eigenvalue weighted by Crippen LogP contribution is 2.34. The summed E-state index contributed by atoms with van der Waals surface area (Å²) in [5, 5.41) is 8.80. The third-order valence-electron chi connectivity index (χ3n) is 2.02. The van der Waals surface area contributed by atoms with Crippen molar-refractivity contribution in [3.05, 3.63) is 23.3 Å². The van der Waals surface area contributed by atoms with Crippen LogP contribution in [0.4, 0.5) is 13.2 Å². The molecule has 0 saturated heterocycles. The van der Waals surface area contributed by atoms with Crippen LogP contribution in [0.1, 0.15) is 15.9 Å². The van der Waals surface area contributed by atoms with Crippen LogP contribution in [0.15, 0.2) is 12.1 Å². The Morgan fingerprint density at radius 1 is 1.35 bits per heavy atom. The highest BCUT2D eigenvalue weighted by Gasteiger charge is 2.32. The number of carbonyl (C=O) groups is 1. The molecule has 1 aromatic carbocycles. The first-order chi connectivity index (χ1) is 7.76. The van der Waals surface area contributed by atoms with Gasteiger partial charge < -0.3 is 14.6 Å². The Labute approximate surface area is 94.6 Å². The summed E-state index contributed by atoms with van der Waals surface area (Å²) in [6.45, 7) is 1.28. The number of aromatic carboxylic acids is 1. The molecule has 7 heteroatoms. The van der Waals surface area contributed by atoms with E-state index in [0.717, 1.165) is 12.1 Å². The maximum absolute atomic E-state index is 12.0. The number of carboxylic acid groups (broad SMARTS) is 1. The lowest BCUT2D eigenvalue weighted by Gasteiger charge is -2.15. The van der Waals surface area contributed by atoms with Gasteiger partial charge in [0.2, 0.25) is 0 Å². The number of hydrogen-bond donors (Lipinski definition) is 1.